The maximum absolute atomic E-state index is 5.96. The van der Waals surface area contributed by atoms with Crippen LogP contribution < -0.4 is 5.19 Å². The summed E-state index contributed by atoms with van der Waals surface area (Å²) in [7, 11) is -1.70. The van der Waals surface area contributed by atoms with E-state index in [4.69, 9.17) is 8.85 Å². The van der Waals surface area contributed by atoms with Crippen LogP contribution >= 0.6 is 0 Å². The predicted molar refractivity (Wildman–Crippen MR) is 74.8 cm³/mol. The molecule has 1 rings (SSSR count). The van der Waals surface area contributed by atoms with Crippen molar-refractivity contribution in [3.05, 3.63) is 30.3 Å². The van der Waals surface area contributed by atoms with Crippen molar-refractivity contribution in [3.63, 3.8) is 0 Å². The lowest BCUT2D eigenvalue weighted by Gasteiger charge is -2.19. The lowest BCUT2D eigenvalue weighted by molar-refractivity contribution is 0.173. The molecule has 0 heterocycles. The molecule has 0 saturated heterocycles. The van der Waals surface area contributed by atoms with Gasteiger partial charge in [0.15, 0.2) is 0 Å². The summed E-state index contributed by atoms with van der Waals surface area (Å²) < 4.78 is 11.9. The largest absolute Gasteiger partial charge is 0.393 e. The van der Waals surface area contributed by atoms with Crippen molar-refractivity contribution in [2.45, 2.75) is 27.7 Å². The molecule has 17 heavy (non-hydrogen) atoms. The molecule has 0 aliphatic heterocycles. The van der Waals surface area contributed by atoms with E-state index >= 15 is 0 Å². The van der Waals surface area contributed by atoms with Gasteiger partial charge in [-0.25, -0.2) is 0 Å². The van der Waals surface area contributed by atoms with E-state index in [0.29, 0.717) is 11.8 Å². The first-order chi connectivity index (χ1) is 8.09. The summed E-state index contributed by atoms with van der Waals surface area (Å²) in [5.41, 5.74) is 0. The van der Waals surface area contributed by atoms with Gasteiger partial charge in [-0.05, 0) is 17.0 Å². The third kappa shape index (κ3) is 6.01. The fourth-order valence-corrected chi connectivity index (χ4v) is 3.55. The Morgan fingerprint density at radius 2 is 1.35 bits per heavy atom. The van der Waals surface area contributed by atoms with Gasteiger partial charge in [0.05, 0.1) is 0 Å². The van der Waals surface area contributed by atoms with Crippen LogP contribution in [0.1, 0.15) is 27.7 Å². The van der Waals surface area contributed by atoms with E-state index in [9.17, 15) is 0 Å². The number of benzene rings is 1. The number of rotatable bonds is 7. The van der Waals surface area contributed by atoms with E-state index < -0.39 is 9.28 Å². The highest BCUT2D eigenvalue weighted by Crippen LogP contribution is 2.01. The van der Waals surface area contributed by atoms with Gasteiger partial charge < -0.3 is 8.85 Å². The molecule has 0 fully saturated rings. The second-order valence-electron chi connectivity index (χ2n) is 5.20. The molecule has 0 saturated carbocycles. The van der Waals surface area contributed by atoms with Crippen molar-refractivity contribution >= 4 is 14.5 Å². The molecular weight excluding hydrogens is 228 g/mol. The average Bonchev–Trinajstić information content (AvgIpc) is 2.29. The van der Waals surface area contributed by atoms with Crippen molar-refractivity contribution in [1.29, 1.82) is 0 Å². The highest BCUT2D eigenvalue weighted by atomic mass is 28.3. The fourth-order valence-electron chi connectivity index (χ4n) is 1.41. The van der Waals surface area contributed by atoms with E-state index in [0.717, 1.165) is 13.2 Å². The molecule has 0 N–H and O–H groups in total. The molecule has 0 bridgehead atoms. The van der Waals surface area contributed by atoms with E-state index in [1.54, 1.807) is 0 Å². The van der Waals surface area contributed by atoms with Gasteiger partial charge >= 0.3 is 9.28 Å². The number of hydrogen-bond donors (Lipinski definition) is 0. The van der Waals surface area contributed by atoms with E-state index in [-0.39, 0.29) is 0 Å². The van der Waals surface area contributed by atoms with Crippen LogP contribution in [-0.2, 0) is 8.85 Å². The molecule has 0 unspecified atom stereocenters. The van der Waals surface area contributed by atoms with E-state index in [2.05, 4.69) is 39.8 Å². The Labute approximate surface area is 107 Å². The summed E-state index contributed by atoms with van der Waals surface area (Å²) in [5, 5.41) is 1.23. The lowest BCUT2D eigenvalue weighted by atomic mass is 10.2. The van der Waals surface area contributed by atoms with E-state index in [1.165, 1.54) is 5.19 Å². The van der Waals surface area contributed by atoms with Gasteiger partial charge in [-0.2, -0.15) is 0 Å². The first kappa shape index (κ1) is 14.4. The summed E-state index contributed by atoms with van der Waals surface area (Å²) in [6.45, 7) is 10.2. The number of hydrogen-bond acceptors (Lipinski definition) is 2. The molecule has 0 amide bonds. The molecule has 0 aromatic heterocycles. The van der Waals surface area contributed by atoms with Crippen molar-refractivity contribution in [2.75, 3.05) is 13.2 Å². The SMILES string of the molecule is CC(C)CO[SiH](OCC(C)C)c1ccccc1. The second kappa shape index (κ2) is 7.64. The van der Waals surface area contributed by atoms with Crippen molar-refractivity contribution < 1.29 is 8.85 Å². The van der Waals surface area contributed by atoms with Crippen molar-refractivity contribution in [2.24, 2.45) is 11.8 Å². The van der Waals surface area contributed by atoms with Crippen LogP contribution in [-0.4, -0.2) is 22.5 Å². The molecule has 1 aromatic rings. The molecule has 0 aliphatic carbocycles. The molecule has 0 aliphatic rings. The minimum Gasteiger partial charge on any atom is -0.393 e. The highest BCUT2D eigenvalue weighted by Gasteiger charge is 2.17. The molecule has 96 valence electrons. The quantitative estimate of drug-likeness (QED) is 0.694. The summed E-state index contributed by atoms with van der Waals surface area (Å²) >= 11 is 0. The normalized spacial score (nSPS) is 11.7. The van der Waals surface area contributed by atoms with Crippen LogP contribution in [0, 0.1) is 11.8 Å². The monoisotopic (exact) mass is 252 g/mol. The van der Waals surface area contributed by atoms with Crippen LogP contribution in [0.3, 0.4) is 0 Å². The van der Waals surface area contributed by atoms with Gasteiger partial charge in [0, 0.05) is 13.2 Å². The summed E-state index contributed by atoms with van der Waals surface area (Å²) in [6, 6.07) is 10.3. The van der Waals surface area contributed by atoms with Gasteiger partial charge in [0.2, 0.25) is 0 Å². The Morgan fingerprint density at radius 3 is 1.76 bits per heavy atom. The topological polar surface area (TPSA) is 18.5 Å². The average molecular weight is 252 g/mol. The first-order valence-corrected chi connectivity index (χ1v) is 7.89. The maximum Gasteiger partial charge on any atom is 0.355 e. The van der Waals surface area contributed by atoms with Crippen molar-refractivity contribution in [1.82, 2.24) is 0 Å². The Balaban J connectivity index is 2.58. The summed E-state index contributed by atoms with van der Waals surface area (Å²) in [6.07, 6.45) is 0. The summed E-state index contributed by atoms with van der Waals surface area (Å²) in [4.78, 5) is 0. The first-order valence-electron chi connectivity index (χ1n) is 6.37. The predicted octanol–water partition coefficient (Wildman–Crippen LogP) is 2.46. The Kier molecular flexibility index (Phi) is 6.48. The standard InChI is InChI=1S/C14H24O2Si/c1-12(2)10-15-17(16-11-13(3)4)14-8-6-5-7-9-14/h5-9,12-13,17H,10-11H2,1-4H3. The smallest absolute Gasteiger partial charge is 0.355 e. The minimum absolute atomic E-state index is 0.552. The van der Waals surface area contributed by atoms with Gasteiger partial charge in [0.25, 0.3) is 0 Å². The highest BCUT2D eigenvalue weighted by molar-refractivity contribution is 6.61. The zero-order valence-corrected chi connectivity index (χ0v) is 12.5. The zero-order valence-electron chi connectivity index (χ0n) is 11.3. The Bertz CT molecular complexity index is 286. The Hall–Kier alpha value is -0.643. The van der Waals surface area contributed by atoms with Gasteiger partial charge in [-0.3, -0.25) is 0 Å². The Morgan fingerprint density at radius 1 is 0.882 bits per heavy atom. The second-order valence-corrected chi connectivity index (χ2v) is 7.19. The zero-order chi connectivity index (χ0) is 12.7. The molecule has 0 atom stereocenters. The maximum atomic E-state index is 5.96. The van der Waals surface area contributed by atoms with Crippen LogP contribution in [0.5, 0.6) is 0 Å². The molecule has 1 aromatic carbocycles. The molecule has 0 spiro atoms. The van der Waals surface area contributed by atoms with Crippen LogP contribution in [0.15, 0.2) is 30.3 Å². The van der Waals surface area contributed by atoms with Gasteiger partial charge in [-0.1, -0.05) is 58.0 Å². The third-order valence-corrected chi connectivity index (χ3v) is 4.15. The molecule has 0 radical (unpaired) electrons. The molecule has 3 heteroatoms. The minimum atomic E-state index is -1.70. The van der Waals surface area contributed by atoms with Crippen LogP contribution in [0.4, 0.5) is 0 Å². The van der Waals surface area contributed by atoms with Crippen LogP contribution in [0.25, 0.3) is 0 Å². The third-order valence-electron chi connectivity index (χ3n) is 2.23. The van der Waals surface area contributed by atoms with Crippen LogP contribution in [0.2, 0.25) is 0 Å². The molecule has 2 nitrogen and oxygen atoms in total. The van der Waals surface area contributed by atoms with Crippen molar-refractivity contribution in [3.8, 4) is 0 Å². The van der Waals surface area contributed by atoms with Gasteiger partial charge in [0.1, 0.15) is 0 Å². The lowest BCUT2D eigenvalue weighted by Crippen LogP contribution is -2.38. The van der Waals surface area contributed by atoms with Gasteiger partial charge in [-0.15, -0.1) is 0 Å². The molecular formula is C14H24O2Si. The summed E-state index contributed by atoms with van der Waals surface area (Å²) in [5.74, 6) is 1.10. The van der Waals surface area contributed by atoms with E-state index in [1.807, 2.05) is 18.2 Å². The fraction of sp³-hybridized carbons (Fsp3) is 0.571.